The van der Waals surface area contributed by atoms with Gasteiger partial charge in [-0.15, -0.1) is 5.10 Å². The molecule has 1 N–H and O–H groups in total. The summed E-state index contributed by atoms with van der Waals surface area (Å²) in [6.07, 6.45) is 4.67. The van der Waals surface area contributed by atoms with E-state index in [1.54, 1.807) is 4.68 Å². The van der Waals surface area contributed by atoms with Crippen molar-refractivity contribution in [2.45, 2.75) is 58.0 Å². The highest BCUT2D eigenvalue weighted by Crippen LogP contribution is 2.58. The summed E-state index contributed by atoms with van der Waals surface area (Å²) < 4.78 is 19.5. The maximum atomic E-state index is 11.3. The first-order valence-corrected chi connectivity index (χ1v) is 11.0. The van der Waals surface area contributed by atoms with E-state index in [0.29, 0.717) is 23.7 Å². The van der Waals surface area contributed by atoms with Gasteiger partial charge in [0.25, 0.3) is 0 Å². The molecule has 5 rings (SSSR count). The quantitative estimate of drug-likeness (QED) is 0.717. The van der Waals surface area contributed by atoms with E-state index in [0.717, 1.165) is 50.1 Å². The molecule has 2 aromatic rings. The minimum absolute atomic E-state index is 0.0478. The lowest BCUT2D eigenvalue weighted by molar-refractivity contribution is -0.169. The Balaban J connectivity index is 1.28. The number of nitrogens with zero attached hydrogens (tertiary/aromatic N) is 4. The summed E-state index contributed by atoms with van der Waals surface area (Å²) in [5.41, 5.74) is 2.99. The molecule has 0 spiro atoms. The van der Waals surface area contributed by atoms with Gasteiger partial charge < -0.3 is 19.3 Å². The van der Waals surface area contributed by atoms with Crippen molar-refractivity contribution in [2.75, 3.05) is 6.61 Å². The third-order valence-corrected chi connectivity index (χ3v) is 6.77. The largest absolute Gasteiger partial charge is 0.488 e. The Bertz CT molecular complexity index is 971. The molecule has 9 heteroatoms. The molecule has 9 nitrogen and oxygen atoms in total. The van der Waals surface area contributed by atoms with Crippen LogP contribution in [0.1, 0.15) is 43.5 Å². The molecule has 2 saturated carbocycles. The summed E-state index contributed by atoms with van der Waals surface area (Å²) in [7, 11) is 1.84. The van der Waals surface area contributed by atoms with Crippen molar-refractivity contribution in [3.8, 4) is 17.1 Å². The van der Waals surface area contributed by atoms with Gasteiger partial charge in [0, 0.05) is 19.6 Å². The van der Waals surface area contributed by atoms with Gasteiger partial charge in [-0.3, -0.25) is 4.79 Å². The molecular formula is C22H28N4O5. The molecule has 0 bridgehead atoms. The number of hydrogen-bond acceptors (Lipinski definition) is 7. The third-order valence-electron chi connectivity index (χ3n) is 6.77. The topological polar surface area (TPSA) is 109 Å². The molecule has 166 valence electrons. The van der Waals surface area contributed by atoms with Crippen LogP contribution in [0.15, 0.2) is 12.1 Å². The number of ether oxygens (including phenoxy) is 3. The molecular weight excluding hydrogens is 400 g/mol. The van der Waals surface area contributed by atoms with Crippen molar-refractivity contribution in [3.05, 3.63) is 23.5 Å². The maximum absolute atomic E-state index is 11.3. The molecule has 2 aromatic heterocycles. The van der Waals surface area contributed by atoms with E-state index in [9.17, 15) is 9.90 Å². The average Bonchev–Trinajstić information content (AvgIpc) is 3.18. The Hall–Kier alpha value is -2.52. The molecule has 3 fully saturated rings. The summed E-state index contributed by atoms with van der Waals surface area (Å²) >= 11 is 0. The van der Waals surface area contributed by atoms with E-state index in [1.807, 2.05) is 26.1 Å². The summed E-state index contributed by atoms with van der Waals surface area (Å²) in [4.78, 5) is 16.0. The molecule has 0 aromatic carbocycles. The Kier molecular flexibility index (Phi) is 5.39. The van der Waals surface area contributed by atoms with E-state index in [-0.39, 0.29) is 30.1 Å². The van der Waals surface area contributed by atoms with Gasteiger partial charge in [0.2, 0.25) is 0 Å². The van der Waals surface area contributed by atoms with Crippen molar-refractivity contribution < 1.29 is 24.1 Å². The van der Waals surface area contributed by atoms with Crippen LogP contribution in [0.5, 0.6) is 5.75 Å². The molecule has 3 heterocycles. The van der Waals surface area contributed by atoms with Crippen LogP contribution < -0.4 is 4.74 Å². The van der Waals surface area contributed by atoms with E-state index in [1.165, 1.54) is 0 Å². The number of carbonyl (C=O) groups is 1. The number of aryl methyl sites for hydroxylation is 2. The van der Waals surface area contributed by atoms with Crippen molar-refractivity contribution in [1.29, 1.82) is 0 Å². The van der Waals surface area contributed by atoms with Gasteiger partial charge in [-0.1, -0.05) is 5.21 Å². The first-order chi connectivity index (χ1) is 15.0. The van der Waals surface area contributed by atoms with E-state index in [2.05, 4.69) is 10.3 Å². The summed E-state index contributed by atoms with van der Waals surface area (Å²) in [6, 6.07) is 3.77. The molecule has 1 aliphatic heterocycles. The fraction of sp³-hybridized carbons (Fsp3) is 0.636. The van der Waals surface area contributed by atoms with Crippen LogP contribution in [0.2, 0.25) is 0 Å². The predicted octanol–water partition coefficient (Wildman–Crippen LogP) is 2.72. The molecule has 5 atom stereocenters. The fourth-order valence-electron chi connectivity index (χ4n) is 5.03. The number of hydrogen-bond donors (Lipinski definition) is 1. The SMILES string of the molecule is Cc1nc(-c2nnn(C)c2COC2CCCCO2)ccc1OC1CCC2C(C(=O)O)C12. The van der Waals surface area contributed by atoms with Gasteiger partial charge >= 0.3 is 5.97 Å². The number of pyridine rings is 1. The van der Waals surface area contributed by atoms with Gasteiger partial charge in [0.15, 0.2) is 6.29 Å². The van der Waals surface area contributed by atoms with Crippen LogP contribution in [0, 0.1) is 24.7 Å². The molecule has 1 saturated heterocycles. The van der Waals surface area contributed by atoms with Gasteiger partial charge in [-0.05, 0) is 57.1 Å². The highest BCUT2D eigenvalue weighted by atomic mass is 16.7. The molecule has 3 aliphatic rings. The van der Waals surface area contributed by atoms with Crippen molar-refractivity contribution in [1.82, 2.24) is 20.0 Å². The number of carboxylic acid groups (broad SMARTS) is 1. The summed E-state index contributed by atoms with van der Waals surface area (Å²) in [5, 5.41) is 17.8. The second-order valence-corrected chi connectivity index (χ2v) is 8.73. The van der Waals surface area contributed by atoms with Crippen molar-refractivity contribution in [3.63, 3.8) is 0 Å². The first kappa shape index (κ1) is 20.4. The minimum atomic E-state index is -0.704. The van der Waals surface area contributed by atoms with Crippen LogP contribution in [0.25, 0.3) is 11.4 Å². The van der Waals surface area contributed by atoms with E-state index in [4.69, 9.17) is 19.2 Å². The average molecular weight is 428 g/mol. The van der Waals surface area contributed by atoms with E-state index < -0.39 is 5.97 Å². The highest BCUT2D eigenvalue weighted by molar-refractivity contribution is 5.75. The fourth-order valence-corrected chi connectivity index (χ4v) is 5.03. The van der Waals surface area contributed by atoms with Crippen LogP contribution in [-0.4, -0.2) is 50.1 Å². The maximum Gasteiger partial charge on any atom is 0.307 e. The lowest BCUT2D eigenvalue weighted by atomic mass is 10.1. The second-order valence-electron chi connectivity index (χ2n) is 8.73. The van der Waals surface area contributed by atoms with Gasteiger partial charge in [-0.25, -0.2) is 9.67 Å². The lowest BCUT2D eigenvalue weighted by Crippen LogP contribution is -2.22. The molecule has 5 unspecified atom stereocenters. The minimum Gasteiger partial charge on any atom is -0.488 e. The Labute approximate surface area is 180 Å². The standard InChI is InChI=1S/C22H28N4O5/c1-12-16(31-17-8-6-13-19(17)20(13)22(27)28)9-7-14(23-12)21-15(26(2)25-24-21)11-30-18-5-3-4-10-29-18/h7,9,13,17-20H,3-6,8,10-11H2,1-2H3,(H,27,28). The van der Waals surface area contributed by atoms with Gasteiger partial charge in [0.1, 0.15) is 17.5 Å². The molecule has 31 heavy (non-hydrogen) atoms. The summed E-state index contributed by atoms with van der Waals surface area (Å²) in [5.74, 6) is 0.140. The smallest absolute Gasteiger partial charge is 0.307 e. The normalized spacial score (nSPS) is 29.5. The lowest BCUT2D eigenvalue weighted by Gasteiger charge is -2.22. The van der Waals surface area contributed by atoms with E-state index >= 15 is 0 Å². The third kappa shape index (κ3) is 3.92. The Morgan fingerprint density at radius 3 is 2.87 bits per heavy atom. The number of fused-ring (bicyclic) bond motifs is 1. The van der Waals surface area contributed by atoms with Gasteiger partial charge in [-0.2, -0.15) is 0 Å². The van der Waals surface area contributed by atoms with Crippen molar-refractivity contribution in [2.24, 2.45) is 24.8 Å². The van der Waals surface area contributed by atoms with Gasteiger partial charge in [0.05, 0.1) is 29.6 Å². The van der Waals surface area contributed by atoms with Crippen LogP contribution in [0.3, 0.4) is 0 Å². The van der Waals surface area contributed by atoms with Crippen molar-refractivity contribution >= 4 is 5.97 Å². The summed E-state index contributed by atoms with van der Waals surface area (Å²) in [6.45, 7) is 2.98. The Morgan fingerprint density at radius 2 is 2.16 bits per heavy atom. The predicted molar refractivity (Wildman–Crippen MR) is 109 cm³/mol. The zero-order chi connectivity index (χ0) is 21.5. The molecule has 0 amide bonds. The van der Waals surface area contributed by atoms with Crippen LogP contribution in [-0.2, 0) is 27.9 Å². The second kappa shape index (κ2) is 8.20. The number of carboxylic acids is 1. The number of rotatable bonds is 7. The first-order valence-electron chi connectivity index (χ1n) is 11.0. The zero-order valence-electron chi connectivity index (χ0n) is 17.9. The zero-order valence-corrected chi connectivity index (χ0v) is 17.9. The monoisotopic (exact) mass is 428 g/mol. The highest BCUT2D eigenvalue weighted by Gasteiger charge is 2.63. The van der Waals surface area contributed by atoms with Crippen LogP contribution in [0.4, 0.5) is 0 Å². The molecule has 2 aliphatic carbocycles. The van der Waals surface area contributed by atoms with Crippen LogP contribution >= 0.6 is 0 Å². The molecule has 0 radical (unpaired) electrons. The number of aromatic nitrogens is 4. The Morgan fingerprint density at radius 1 is 1.29 bits per heavy atom. The number of aliphatic carboxylic acids is 1.